The number of benzene rings is 1. The number of nitrogens with one attached hydrogen (secondary N) is 1. The normalized spacial score (nSPS) is 9.68. The van der Waals surface area contributed by atoms with Crippen molar-refractivity contribution >= 4 is 21.7 Å². The number of nitrogens with zero attached hydrogens (tertiary/aromatic N) is 2. The number of aromatic nitrogens is 1. The number of ether oxygens (including phenoxy) is 1. The molecule has 1 aromatic heterocycles. The van der Waals surface area contributed by atoms with Gasteiger partial charge in [0.25, 0.3) is 0 Å². The number of rotatable bonds is 5. The van der Waals surface area contributed by atoms with Gasteiger partial charge in [-0.1, -0.05) is 15.9 Å². The zero-order chi connectivity index (χ0) is 13.5. The summed E-state index contributed by atoms with van der Waals surface area (Å²) in [7, 11) is 0. The van der Waals surface area contributed by atoms with Crippen molar-refractivity contribution in [2.75, 3.05) is 18.5 Å². The Bertz CT molecular complexity index is 561. The number of hydrogen-bond acceptors (Lipinski definition) is 4. The summed E-state index contributed by atoms with van der Waals surface area (Å²) in [6.07, 6.45) is 1.54. The maximum atomic E-state index is 8.65. The van der Waals surface area contributed by atoms with Crippen LogP contribution in [0.5, 0.6) is 5.75 Å². The molecule has 5 heteroatoms. The van der Waals surface area contributed by atoms with Crippen LogP contribution in [-0.2, 0) is 0 Å². The lowest BCUT2D eigenvalue weighted by molar-refractivity contribution is 0.332. The summed E-state index contributed by atoms with van der Waals surface area (Å²) in [4.78, 5) is 4.11. The van der Waals surface area contributed by atoms with Crippen LogP contribution < -0.4 is 10.1 Å². The lowest BCUT2D eigenvalue weighted by Crippen LogP contribution is -2.12. The summed E-state index contributed by atoms with van der Waals surface area (Å²) in [5, 5.41) is 11.8. The highest BCUT2D eigenvalue weighted by Gasteiger charge is 1.96. The van der Waals surface area contributed by atoms with Gasteiger partial charge in [-0.05, 0) is 36.4 Å². The van der Waals surface area contributed by atoms with E-state index < -0.39 is 0 Å². The van der Waals surface area contributed by atoms with Crippen LogP contribution in [0.1, 0.15) is 5.56 Å². The molecule has 0 spiro atoms. The smallest absolute Gasteiger partial charge is 0.126 e. The SMILES string of the molecule is N#Cc1ccc(NCCOc2ccc(Br)cc2)nc1. The number of anilines is 1. The van der Waals surface area contributed by atoms with Gasteiger partial charge in [0.2, 0.25) is 0 Å². The first-order valence-electron chi connectivity index (χ1n) is 5.76. The Hall–Kier alpha value is -2.06. The molecule has 19 heavy (non-hydrogen) atoms. The third-order valence-corrected chi connectivity index (χ3v) is 2.91. The zero-order valence-corrected chi connectivity index (χ0v) is 11.7. The Morgan fingerprint density at radius 3 is 2.63 bits per heavy atom. The van der Waals surface area contributed by atoms with Crippen LogP contribution in [0.3, 0.4) is 0 Å². The molecular weight excluding hydrogens is 306 g/mol. The summed E-state index contributed by atoms with van der Waals surface area (Å²) in [5.41, 5.74) is 0.552. The van der Waals surface area contributed by atoms with E-state index in [1.807, 2.05) is 30.3 Å². The van der Waals surface area contributed by atoms with Crippen LogP contribution in [0.4, 0.5) is 5.82 Å². The highest BCUT2D eigenvalue weighted by atomic mass is 79.9. The number of nitriles is 1. The minimum absolute atomic E-state index is 0.545. The molecule has 0 amide bonds. The number of halogens is 1. The molecule has 2 aromatic rings. The molecule has 0 atom stereocenters. The molecule has 0 radical (unpaired) electrons. The van der Waals surface area contributed by atoms with Crippen LogP contribution in [0.2, 0.25) is 0 Å². The summed E-state index contributed by atoms with van der Waals surface area (Å²) >= 11 is 3.37. The van der Waals surface area contributed by atoms with Crippen LogP contribution in [0, 0.1) is 11.3 Å². The number of hydrogen-bond donors (Lipinski definition) is 1. The fraction of sp³-hybridized carbons (Fsp3) is 0.143. The van der Waals surface area contributed by atoms with Crippen molar-refractivity contribution in [1.82, 2.24) is 4.98 Å². The summed E-state index contributed by atoms with van der Waals surface area (Å²) in [6.45, 7) is 1.19. The van der Waals surface area contributed by atoms with Crippen LogP contribution in [0.15, 0.2) is 47.1 Å². The van der Waals surface area contributed by atoms with E-state index in [-0.39, 0.29) is 0 Å². The maximum Gasteiger partial charge on any atom is 0.126 e. The molecule has 4 nitrogen and oxygen atoms in total. The minimum atomic E-state index is 0.545. The van der Waals surface area contributed by atoms with E-state index in [1.165, 1.54) is 6.20 Å². The highest BCUT2D eigenvalue weighted by Crippen LogP contribution is 2.15. The Morgan fingerprint density at radius 2 is 2.00 bits per heavy atom. The summed E-state index contributed by atoms with van der Waals surface area (Å²) in [5.74, 6) is 1.57. The van der Waals surface area contributed by atoms with Crippen LogP contribution in [0.25, 0.3) is 0 Å². The topological polar surface area (TPSA) is 57.9 Å². The molecule has 0 saturated heterocycles. The molecule has 2 rings (SSSR count). The first kappa shape index (κ1) is 13.4. The number of pyridine rings is 1. The van der Waals surface area contributed by atoms with Gasteiger partial charge in [0.05, 0.1) is 12.1 Å². The Kier molecular flexibility index (Phi) is 4.76. The van der Waals surface area contributed by atoms with Crippen molar-refractivity contribution in [2.45, 2.75) is 0 Å². The molecule has 0 unspecified atom stereocenters. The van der Waals surface area contributed by atoms with E-state index in [9.17, 15) is 0 Å². The molecule has 1 heterocycles. The van der Waals surface area contributed by atoms with Crippen molar-refractivity contribution in [3.63, 3.8) is 0 Å². The zero-order valence-electron chi connectivity index (χ0n) is 10.1. The molecular formula is C14H12BrN3O. The Balaban J connectivity index is 1.74. The van der Waals surface area contributed by atoms with Crippen molar-refractivity contribution in [3.05, 3.63) is 52.6 Å². The molecule has 0 aliphatic heterocycles. The van der Waals surface area contributed by atoms with Crippen molar-refractivity contribution < 1.29 is 4.74 Å². The predicted octanol–water partition coefficient (Wildman–Crippen LogP) is 3.21. The average Bonchev–Trinajstić information content (AvgIpc) is 2.46. The summed E-state index contributed by atoms with van der Waals surface area (Å²) < 4.78 is 6.59. The predicted molar refractivity (Wildman–Crippen MR) is 77.1 cm³/mol. The van der Waals surface area contributed by atoms with E-state index in [1.54, 1.807) is 12.1 Å². The van der Waals surface area contributed by atoms with Gasteiger partial charge in [0, 0.05) is 10.7 Å². The van der Waals surface area contributed by atoms with E-state index >= 15 is 0 Å². The van der Waals surface area contributed by atoms with Gasteiger partial charge >= 0.3 is 0 Å². The third kappa shape index (κ3) is 4.27. The van der Waals surface area contributed by atoms with Crippen molar-refractivity contribution in [2.24, 2.45) is 0 Å². The molecule has 0 aliphatic rings. The Morgan fingerprint density at radius 1 is 1.21 bits per heavy atom. The van der Waals surface area contributed by atoms with Crippen LogP contribution >= 0.6 is 15.9 Å². The second-order valence-corrected chi connectivity index (χ2v) is 4.69. The largest absolute Gasteiger partial charge is 0.492 e. The standard InChI is InChI=1S/C14H12BrN3O/c15-12-2-4-13(5-3-12)19-8-7-17-14-6-1-11(9-16)10-18-14/h1-6,10H,7-8H2,(H,17,18). The van der Waals surface area contributed by atoms with Crippen molar-refractivity contribution in [3.8, 4) is 11.8 Å². The monoisotopic (exact) mass is 317 g/mol. The molecule has 0 saturated carbocycles. The van der Waals surface area contributed by atoms with Gasteiger partial charge in [-0.2, -0.15) is 5.26 Å². The fourth-order valence-corrected chi connectivity index (χ4v) is 1.71. The second kappa shape index (κ2) is 6.76. The molecule has 0 bridgehead atoms. The van der Waals surface area contributed by atoms with Crippen molar-refractivity contribution in [1.29, 1.82) is 5.26 Å². The van der Waals surface area contributed by atoms with Gasteiger partial charge in [-0.25, -0.2) is 4.98 Å². The highest BCUT2D eigenvalue weighted by molar-refractivity contribution is 9.10. The van der Waals surface area contributed by atoms with Gasteiger partial charge < -0.3 is 10.1 Å². The molecule has 1 aromatic carbocycles. The minimum Gasteiger partial charge on any atom is -0.492 e. The summed E-state index contributed by atoms with van der Waals surface area (Å²) in [6, 6.07) is 13.2. The van der Waals surface area contributed by atoms with E-state index in [2.05, 4.69) is 26.2 Å². The van der Waals surface area contributed by atoms with Crippen LogP contribution in [-0.4, -0.2) is 18.1 Å². The van der Waals surface area contributed by atoms with E-state index in [0.717, 1.165) is 16.0 Å². The Labute approximate surface area is 120 Å². The van der Waals surface area contributed by atoms with E-state index in [4.69, 9.17) is 10.00 Å². The van der Waals surface area contributed by atoms with Gasteiger partial charge in [-0.15, -0.1) is 0 Å². The molecule has 96 valence electrons. The second-order valence-electron chi connectivity index (χ2n) is 3.77. The van der Waals surface area contributed by atoms with Gasteiger partial charge in [-0.3, -0.25) is 0 Å². The quantitative estimate of drug-likeness (QED) is 0.860. The van der Waals surface area contributed by atoms with Gasteiger partial charge in [0.1, 0.15) is 24.2 Å². The fourth-order valence-electron chi connectivity index (χ4n) is 1.44. The van der Waals surface area contributed by atoms with Gasteiger partial charge in [0.15, 0.2) is 0 Å². The lowest BCUT2D eigenvalue weighted by atomic mass is 10.3. The molecule has 0 aliphatic carbocycles. The average molecular weight is 318 g/mol. The first-order chi connectivity index (χ1) is 9.28. The molecule has 1 N–H and O–H groups in total. The maximum absolute atomic E-state index is 8.65. The van der Waals surface area contributed by atoms with E-state index in [0.29, 0.717) is 18.7 Å². The molecule has 0 fully saturated rings. The first-order valence-corrected chi connectivity index (χ1v) is 6.55. The lowest BCUT2D eigenvalue weighted by Gasteiger charge is -2.08. The third-order valence-electron chi connectivity index (χ3n) is 2.38.